The van der Waals surface area contributed by atoms with Crippen molar-refractivity contribution in [2.45, 2.75) is 51.7 Å². The van der Waals surface area contributed by atoms with E-state index in [1.165, 1.54) is 0 Å². The fourth-order valence-corrected chi connectivity index (χ4v) is 2.29. The molecule has 1 heterocycles. The third-order valence-corrected chi connectivity index (χ3v) is 3.00. The van der Waals surface area contributed by atoms with E-state index in [0.717, 1.165) is 6.42 Å². The van der Waals surface area contributed by atoms with Gasteiger partial charge in [0, 0.05) is 11.6 Å². The van der Waals surface area contributed by atoms with Crippen molar-refractivity contribution in [3.05, 3.63) is 17.0 Å². The average molecular weight is 230 g/mol. The third-order valence-electron chi connectivity index (χ3n) is 3.00. The zero-order chi connectivity index (χ0) is 11.9. The van der Waals surface area contributed by atoms with E-state index in [0.29, 0.717) is 24.1 Å². The summed E-state index contributed by atoms with van der Waals surface area (Å²) >= 11 is 0. The number of halogens is 2. The molecule has 0 aliphatic heterocycles. The number of hydrogen-bond donors (Lipinski definition) is 1. The Kier molecular flexibility index (Phi) is 2.97. The van der Waals surface area contributed by atoms with Crippen LogP contribution in [0.15, 0.2) is 0 Å². The van der Waals surface area contributed by atoms with Crippen molar-refractivity contribution in [2.75, 3.05) is 0 Å². The molecule has 1 aliphatic rings. The number of aliphatic hydroxyl groups excluding tert-OH is 1. The van der Waals surface area contributed by atoms with Gasteiger partial charge < -0.3 is 5.11 Å². The van der Waals surface area contributed by atoms with Crippen LogP contribution in [-0.4, -0.2) is 14.9 Å². The van der Waals surface area contributed by atoms with E-state index < -0.39 is 12.5 Å². The molecule has 0 aromatic carbocycles. The highest BCUT2D eigenvalue weighted by Gasteiger charge is 2.30. The topological polar surface area (TPSA) is 38.0 Å². The molecule has 2 rings (SSSR count). The van der Waals surface area contributed by atoms with E-state index in [2.05, 4.69) is 5.10 Å². The SMILES string of the molecule is CC(C)n1nc(C(F)F)c2c1C(O)CCC2. The summed E-state index contributed by atoms with van der Waals surface area (Å²) in [5.41, 5.74) is 1.00. The quantitative estimate of drug-likeness (QED) is 0.848. The maximum Gasteiger partial charge on any atom is 0.282 e. The Morgan fingerprint density at radius 1 is 1.44 bits per heavy atom. The lowest BCUT2D eigenvalue weighted by Crippen LogP contribution is -2.15. The Bertz CT molecular complexity index is 388. The first-order valence-electron chi connectivity index (χ1n) is 5.59. The second-order valence-corrected chi connectivity index (χ2v) is 4.50. The predicted octanol–water partition coefficient (Wildman–Crippen LogP) is 2.77. The first-order chi connectivity index (χ1) is 7.52. The minimum absolute atomic E-state index is 0.00556. The lowest BCUT2D eigenvalue weighted by atomic mass is 9.93. The highest BCUT2D eigenvalue weighted by Crippen LogP contribution is 2.36. The number of fused-ring (bicyclic) bond motifs is 1. The van der Waals surface area contributed by atoms with Gasteiger partial charge in [-0.05, 0) is 33.1 Å². The van der Waals surface area contributed by atoms with Crippen LogP contribution < -0.4 is 0 Å². The molecule has 1 aliphatic carbocycles. The molecule has 0 bridgehead atoms. The molecule has 1 aromatic rings. The molecular formula is C11H16F2N2O. The maximum atomic E-state index is 12.8. The molecule has 0 fully saturated rings. The van der Waals surface area contributed by atoms with Crippen molar-refractivity contribution in [1.29, 1.82) is 0 Å². The van der Waals surface area contributed by atoms with Gasteiger partial charge in [-0.3, -0.25) is 4.68 Å². The minimum atomic E-state index is -2.56. The summed E-state index contributed by atoms with van der Waals surface area (Å²) in [6.45, 7) is 3.76. The summed E-state index contributed by atoms with van der Waals surface area (Å²) in [5.74, 6) is 0. The Morgan fingerprint density at radius 3 is 2.69 bits per heavy atom. The van der Waals surface area contributed by atoms with Gasteiger partial charge >= 0.3 is 0 Å². The van der Waals surface area contributed by atoms with Crippen LogP contribution in [0.1, 0.15) is 62.2 Å². The molecule has 90 valence electrons. The van der Waals surface area contributed by atoms with Crippen LogP contribution in [0.3, 0.4) is 0 Å². The van der Waals surface area contributed by atoms with Gasteiger partial charge in [0.15, 0.2) is 0 Å². The molecule has 1 aromatic heterocycles. The minimum Gasteiger partial charge on any atom is -0.387 e. The number of rotatable bonds is 2. The van der Waals surface area contributed by atoms with Gasteiger partial charge in [0.05, 0.1) is 11.8 Å². The second-order valence-electron chi connectivity index (χ2n) is 4.50. The number of aromatic nitrogens is 2. The summed E-state index contributed by atoms with van der Waals surface area (Å²) in [6.07, 6.45) is -1.23. The normalized spacial score (nSPS) is 20.6. The van der Waals surface area contributed by atoms with Crippen LogP contribution in [0.25, 0.3) is 0 Å². The Morgan fingerprint density at radius 2 is 2.12 bits per heavy atom. The summed E-state index contributed by atoms with van der Waals surface area (Å²) in [4.78, 5) is 0. The highest BCUT2D eigenvalue weighted by atomic mass is 19.3. The van der Waals surface area contributed by atoms with Crippen LogP contribution in [-0.2, 0) is 6.42 Å². The van der Waals surface area contributed by atoms with Crippen molar-refractivity contribution in [3.8, 4) is 0 Å². The van der Waals surface area contributed by atoms with E-state index >= 15 is 0 Å². The van der Waals surface area contributed by atoms with Crippen LogP contribution >= 0.6 is 0 Å². The molecule has 5 heteroatoms. The molecule has 1 atom stereocenters. The van der Waals surface area contributed by atoms with Crippen LogP contribution in [0.2, 0.25) is 0 Å². The van der Waals surface area contributed by atoms with Crippen LogP contribution in [0.4, 0.5) is 8.78 Å². The monoisotopic (exact) mass is 230 g/mol. The molecule has 1 N–H and O–H groups in total. The van der Waals surface area contributed by atoms with Crippen LogP contribution in [0, 0.1) is 0 Å². The lowest BCUT2D eigenvalue weighted by molar-refractivity contribution is 0.140. The van der Waals surface area contributed by atoms with Crippen molar-refractivity contribution in [3.63, 3.8) is 0 Å². The fraction of sp³-hybridized carbons (Fsp3) is 0.727. The summed E-state index contributed by atoms with van der Waals surface area (Å²) < 4.78 is 27.1. The van der Waals surface area contributed by atoms with Crippen LogP contribution in [0.5, 0.6) is 0 Å². The lowest BCUT2D eigenvalue weighted by Gasteiger charge is -2.21. The summed E-state index contributed by atoms with van der Waals surface area (Å²) in [5, 5.41) is 13.8. The van der Waals surface area contributed by atoms with Gasteiger partial charge in [0.2, 0.25) is 0 Å². The van der Waals surface area contributed by atoms with Gasteiger partial charge in [0.1, 0.15) is 5.69 Å². The Labute approximate surface area is 93.1 Å². The molecular weight excluding hydrogens is 214 g/mol. The number of aliphatic hydroxyl groups is 1. The van der Waals surface area contributed by atoms with Crippen molar-refractivity contribution in [1.82, 2.24) is 9.78 Å². The van der Waals surface area contributed by atoms with Gasteiger partial charge in [-0.15, -0.1) is 0 Å². The van der Waals surface area contributed by atoms with E-state index in [-0.39, 0.29) is 11.7 Å². The van der Waals surface area contributed by atoms with Crippen molar-refractivity contribution >= 4 is 0 Å². The Hall–Kier alpha value is -0.970. The van der Waals surface area contributed by atoms with E-state index in [4.69, 9.17) is 0 Å². The summed E-state index contributed by atoms with van der Waals surface area (Å²) in [6, 6.07) is -0.00556. The van der Waals surface area contributed by atoms with Crippen molar-refractivity contribution < 1.29 is 13.9 Å². The standard InChI is InChI=1S/C11H16F2N2O/c1-6(2)15-10-7(4-3-5-8(10)16)9(14-15)11(12)13/h6,8,11,16H,3-5H2,1-2H3. The molecule has 0 radical (unpaired) electrons. The number of hydrogen-bond acceptors (Lipinski definition) is 2. The highest BCUT2D eigenvalue weighted by molar-refractivity contribution is 5.31. The Balaban J connectivity index is 2.56. The number of nitrogens with zero attached hydrogens (tertiary/aromatic N) is 2. The van der Waals surface area contributed by atoms with Gasteiger partial charge in [0.25, 0.3) is 6.43 Å². The van der Waals surface area contributed by atoms with Crippen molar-refractivity contribution in [2.24, 2.45) is 0 Å². The maximum absolute atomic E-state index is 12.8. The first-order valence-corrected chi connectivity index (χ1v) is 5.59. The van der Waals surface area contributed by atoms with Gasteiger partial charge in [-0.2, -0.15) is 5.10 Å². The van der Waals surface area contributed by atoms with Gasteiger partial charge in [-0.25, -0.2) is 8.78 Å². The average Bonchev–Trinajstić information content (AvgIpc) is 2.58. The molecule has 0 amide bonds. The zero-order valence-electron chi connectivity index (χ0n) is 9.45. The molecule has 3 nitrogen and oxygen atoms in total. The molecule has 0 saturated heterocycles. The van der Waals surface area contributed by atoms with Gasteiger partial charge in [-0.1, -0.05) is 0 Å². The second kappa shape index (κ2) is 4.13. The fourth-order valence-electron chi connectivity index (χ4n) is 2.29. The predicted molar refractivity (Wildman–Crippen MR) is 55.5 cm³/mol. The largest absolute Gasteiger partial charge is 0.387 e. The van der Waals surface area contributed by atoms with E-state index in [9.17, 15) is 13.9 Å². The number of alkyl halides is 2. The molecule has 1 unspecified atom stereocenters. The third kappa shape index (κ3) is 1.73. The first kappa shape index (κ1) is 11.5. The summed E-state index contributed by atoms with van der Waals surface area (Å²) in [7, 11) is 0. The molecule has 0 spiro atoms. The van der Waals surface area contributed by atoms with E-state index in [1.807, 2.05) is 13.8 Å². The smallest absolute Gasteiger partial charge is 0.282 e. The molecule has 0 saturated carbocycles. The van der Waals surface area contributed by atoms with E-state index in [1.54, 1.807) is 4.68 Å². The molecule has 16 heavy (non-hydrogen) atoms. The zero-order valence-corrected chi connectivity index (χ0v) is 9.45.